The lowest BCUT2D eigenvalue weighted by molar-refractivity contribution is 0.0585. The van der Waals surface area contributed by atoms with Gasteiger partial charge >= 0.3 is 5.97 Å². The third-order valence-corrected chi connectivity index (χ3v) is 2.73. The quantitative estimate of drug-likeness (QED) is 0.676. The molecular weight excluding hydrogens is 272 g/mol. The molecule has 1 heterocycles. The maximum atomic E-state index is 11.4. The summed E-state index contributed by atoms with van der Waals surface area (Å²) in [6.45, 7) is 0. The van der Waals surface area contributed by atoms with Crippen LogP contribution in [0.25, 0.3) is 0 Å². The maximum absolute atomic E-state index is 11.4. The van der Waals surface area contributed by atoms with E-state index in [0.717, 1.165) is 5.69 Å². The molecule has 0 saturated carbocycles. The van der Waals surface area contributed by atoms with Crippen LogP contribution in [-0.2, 0) is 4.74 Å². The smallest absolute Gasteiger partial charge is 0.376 e. The molecule has 0 aliphatic rings. The van der Waals surface area contributed by atoms with Crippen molar-refractivity contribution in [3.05, 3.63) is 36.3 Å². The number of aromatic nitrogens is 2. The number of carbonyl (C=O) groups excluding carboxylic acids is 1. The van der Waals surface area contributed by atoms with Crippen molar-refractivity contribution < 1.29 is 14.3 Å². The minimum absolute atomic E-state index is 0.0719. The topological polar surface area (TPSA) is 90.6 Å². The monoisotopic (exact) mass is 288 g/mol. The number of esters is 1. The predicted octanol–water partition coefficient (Wildman–Crippen LogP) is 1.70. The van der Waals surface area contributed by atoms with Crippen LogP contribution in [0.5, 0.6) is 11.6 Å². The van der Waals surface area contributed by atoms with E-state index < -0.39 is 5.97 Å². The number of hydrogen-bond donors (Lipinski definition) is 1. The van der Waals surface area contributed by atoms with Gasteiger partial charge in [0, 0.05) is 38.1 Å². The van der Waals surface area contributed by atoms with Crippen molar-refractivity contribution in [1.82, 2.24) is 9.97 Å². The molecule has 0 aliphatic heterocycles. The average molecular weight is 288 g/mol. The van der Waals surface area contributed by atoms with Crippen molar-refractivity contribution in [2.24, 2.45) is 0 Å². The SMILES string of the molecule is COC(=O)c1nccc(Oc2cc(N(C)C)ccc2N)n1. The van der Waals surface area contributed by atoms with Crippen LogP contribution in [0.1, 0.15) is 10.6 Å². The lowest BCUT2D eigenvalue weighted by Crippen LogP contribution is -2.09. The molecule has 7 heteroatoms. The fourth-order valence-corrected chi connectivity index (χ4v) is 1.59. The summed E-state index contributed by atoms with van der Waals surface area (Å²) < 4.78 is 10.2. The Kier molecular flexibility index (Phi) is 4.22. The third kappa shape index (κ3) is 3.38. The number of ether oxygens (including phenoxy) is 2. The molecule has 21 heavy (non-hydrogen) atoms. The van der Waals surface area contributed by atoms with E-state index in [4.69, 9.17) is 10.5 Å². The molecule has 0 atom stereocenters. The largest absolute Gasteiger partial charge is 0.463 e. The van der Waals surface area contributed by atoms with Gasteiger partial charge in [0.2, 0.25) is 11.7 Å². The van der Waals surface area contributed by atoms with E-state index in [0.29, 0.717) is 11.4 Å². The Balaban J connectivity index is 2.29. The number of benzene rings is 1. The molecule has 2 rings (SSSR count). The number of nitrogens with zero attached hydrogens (tertiary/aromatic N) is 3. The Hall–Kier alpha value is -2.83. The first-order chi connectivity index (χ1) is 10.0. The van der Waals surface area contributed by atoms with Crippen LogP contribution in [-0.4, -0.2) is 37.1 Å². The lowest BCUT2D eigenvalue weighted by atomic mass is 10.2. The van der Waals surface area contributed by atoms with E-state index in [1.807, 2.05) is 25.1 Å². The summed E-state index contributed by atoms with van der Waals surface area (Å²) in [5.74, 6) is -0.0310. The van der Waals surface area contributed by atoms with Gasteiger partial charge in [-0.3, -0.25) is 0 Å². The van der Waals surface area contributed by atoms with Gasteiger partial charge in [-0.25, -0.2) is 9.78 Å². The van der Waals surface area contributed by atoms with Crippen molar-refractivity contribution in [2.45, 2.75) is 0 Å². The summed E-state index contributed by atoms with van der Waals surface area (Å²) in [5, 5.41) is 0. The summed E-state index contributed by atoms with van der Waals surface area (Å²) in [6, 6.07) is 6.94. The Morgan fingerprint density at radius 2 is 2.05 bits per heavy atom. The summed E-state index contributed by atoms with van der Waals surface area (Å²) >= 11 is 0. The Morgan fingerprint density at radius 3 is 2.71 bits per heavy atom. The van der Waals surface area contributed by atoms with Crippen molar-refractivity contribution in [3.63, 3.8) is 0 Å². The first-order valence-corrected chi connectivity index (χ1v) is 6.17. The number of nitrogens with two attached hydrogens (primary N) is 1. The lowest BCUT2D eigenvalue weighted by Gasteiger charge is -2.15. The van der Waals surface area contributed by atoms with Gasteiger partial charge in [0.25, 0.3) is 0 Å². The molecular formula is C14H16N4O3. The Morgan fingerprint density at radius 1 is 1.29 bits per heavy atom. The Bertz CT molecular complexity index is 658. The van der Waals surface area contributed by atoms with Gasteiger partial charge in [0.15, 0.2) is 5.75 Å². The summed E-state index contributed by atoms with van der Waals surface area (Å²) in [4.78, 5) is 21.1. The van der Waals surface area contributed by atoms with E-state index in [1.54, 1.807) is 12.1 Å². The molecule has 110 valence electrons. The minimum atomic E-state index is -0.629. The maximum Gasteiger partial charge on any atom is 0.376 e. The highest BCUT2D eigenvalue weighted by atomic mass is 16.5. The van der Waals surface area contributed by atoms with Gasteiger partial charge in [0.1, 0.15) is 0 Å². The highest BCUT2D eigenvalue weighted by Crippen LogP contribution is 2.30. The highest BCUT2D eigenvalue weighted by molar-refractivity contribution is 5.85. The zero-order chi connectivity index (χ0) is 15.4. The average Bonchev–Trinajstić information content (AvgIpc) is 2.48. The van der Waals surface area contributed by atoms with Crippen LogP contribution in [0.4, 0.5) is 11.4 Å². The standard InChI is InChI=1S/C14H16N4O3/c1-18(2)9-4-5-10(15)11(8-9)21-12-6-7-16-13(17-12)14(19)20-3/h4-8H,15H2,1-3H3. The number of anilines is 2. The Labute approximate surface area is 122 Å². The second kappa shape index (κ2) is 6.08. The van der Waals surface area contributed by atoms with Gasteiger partial charge in [-0.05, 0) is 12.1 Å². The molecule has 2 aromatic rings. The van der Waals surface area contributed by atoms with Crippen LogP contribution in [0.3, 0.4) is 0 Å². The molecule has 0 amide bonds. The van der Waals surface area contributed by atoms with Crippen LogP contribution in [0, 0.1) is 0 Å². The van der Waals surface area contributed by atoms with Crippen LogP contribution in [0.15, 0.2) is 30.5 Å². The summed E-state index contributed by atoms with van der Waals surface area (Å²) in [6.07, 6.45) is 1.42. The number of carbonyl (C=O) groups is 1. The van der Waals surface area contributed by atoms with Crippen molar-refractivity contribution in [1.29, 1.82) is 0 Å². The molecule has 1 aromatic heterocycles. The molecule has 0 radical (unpaired) electrons. The minimum Gasteiger partial charge on any atom is -0.463 e. The number of methoxy groups -OCH3 is 1. The third-order valence-electron chi connectivity index (χ3n) is 2.73. The molecule has 2 N–H and O–H groups in total. The second-order valence-electron chi connectivity index (χ2n) is 4.43. The van der Waals surface area contributed by atoms with Gasteiger partial charge < -0.3 is 20.1 Å². The summed E-state index contributed by atoms with van der Waals surface area (Å²) in [5.41, 5.74) is 7.29. The van der Waals surface area contributed by atoms with E-state index >= 15 is 0 Å². The van der Waals surface area contributed by atoms with E-state index in [-0.39, 0.29) is 11.7 Å². The molecule has 0 fully saturated rings. The fourth-order valence-electron chi connectivity index (χ4n) is 1.59. The highest BCUT2D eigenvalue weighted by Gasteiger charge is 2.12. The molecule has 1 aromatic carbocycles. The van der Waals surface area contributed by atoms with Crippen LogP contribution >= 0.6 is 0 Å². The molecule has 0 saturated heterocycles. The molecule has 0 aliphatic carbocycles. The van der Waals surface area contributed by atoms with Gasteiger partial charge in [-0.15, -0.1) is 0 Å². The predicted molar refractivity (Wildman–Crippen MR) is 78.6 cm³/mol. The van der Waals surface area contributed by atoms with Crippen LogP contribution in [0.2, 0.25) is 0 Å². The molecule has 0 unspecified atom stereocenters. The first-order valence-electron chi connectivity index (χ1n) is 6.17. The summed E-state index contributed by atoms with van der Waals surface area (Å²) in [7, 11) is 5.09. The zero-order valence-electron chi connectivity index (χ0n) is 12.0. The molecule has 0 bridgehead atoms. The van der Waals surface area contributed by atoms with Gasteiger partial charge in [0.05, 0.1) is 12.8 Å². The van der Waals surface area contributed by atoms with Gasteiger partial charge in [-0.1, -0.05) is 0 Å². The fraction of sp³-hybridized carbons (Fsp3) is 0.214. The first kappa shape index (κ1) is 14.6. The normalized spacial score (nSPS) is 10.0. The van der Waals surface area contributed by atoms with Crippen molar-refractivity contribution in [2.75, 3.05) is 31.8 Å². The van der Waals surface area contributed by atoms with Crippen molar-refractivity contribution >= 4 is 17.3 Å². The van der Waals surface area contributed by atoms with Gasteiger partial charge in [-0.2, -0.15) is 4.98 Å². The number of nitrogen functional groups attached to an aromatic ring is 1. The van der Waals surface area contributed by atoms with Crippen molar-refractivity contribution in [3.8, 4) is 11.6 Å². The van der Waals surface area contributed by atoms with E-state index in [1.165, 1.54) is 19.4 Å². The number of rotatable bonds is 4. The molecule has 7 nitrogen and oxygen atoms in total. The zero-order valence-corrected chi connectivity index (χ0v) is 12.0. The number of hydrogen-bond acceptors (Lipinski definition) is 7. The van der Waals surface area contributed by atoms with Crippen LogP contribution < -0.4 is 15.4 Å². The molecule has 0 spiro atoms. The van der Waals surface area contributed by atoms with E-state index in [9.17, 15) is 4.79 Å². The van der Waals surface area contributed by atoms with E-state index in [2.05, 4.69) is 14.7 Å². The second-order valence-corrected chi connectivity index (χ2v) is 4.43.